The largest absolute Gasteiger partial charge is 0.446 e. The molecule has 0 aliphatic rings. The molecule has 0 atom stereocenters. The summed E-state index contributed by atoms with van der Waals surface area (Å²) < 4.78 is 37.0. The lowest BCUT2D eigenvalue weighted by molar-refractivity contribution is -0.0327. The molecule has 2 rings (SSSR count). The standard InChI is InChI=1S/C9H6BrF3N2S/c10-3-5-1-6-8(15-4-14-6)7(2-5)16-9(11,12)13/h1-2,4H,3H2,(H,14,15). The van der Waals surface area contributed by atoms with E-state index in [9.17, 15) is 13.2 Å². The predicted molar refractivity (Wildman–Crippen MR) is 60.6 cm³/mol. The molecule has 86 valence electrons. The molecule has 1 N–H and O–H groups in total. The zero-order valence-electron chi connectivity index (χ0n) is 7.81. The Morgan fingerprint density at radius 3 is 2.75 bits per heavy atom. The van der Waals surface area contributed by atoms with Crippen molar-refractivity contribution in [2.24, 2.45) is 0 Å². The average Bonchev–Trinajstić information content (AvgIpc) is 2.63. The minimum Gasteiger partial charge on any atom is -0.345 e. The van der Waals surface area contributed by atoms with Crippen LogP contribution in [0.1, 0.15) is 5.56 Å². The topological polar surface area (TPSA) is 28.7 Å². The summed E-state index contributed by atoms with van der Waals surface area (Å²) in [4.78, 5) is 6.82. The number of rotatable bonds is 2. The lowest BCUT2D eigenvalue weighted by Gasteiger charge is -2.07. The second kappa shape index (κ2) is 4.29. The van der Waals surface area contributed by atoms with Gasteiger partial charge in [-0.15, -0.1) is 0 Å². The van der Waals surface area contributed by atoms with Gasteiger partial charge in [0.05, 0.1) is 11.8 Å². The Morgan fingerprint density at radius 2 is 2.12 bits per heavy atom. The van der Waals surface area contributed by atoms with Crippen molar-refractivity contribution < 1.29 is 13.2 Å². The Kier molecular flexibility index (Phi) is 3.16. The number of imidazole rings is 1. The molecule has 0 unspecified atom stereocenters. The highest BCUT2D eigenvalue weighted by Crippen LogP contribution is 2.40. The van der Waals surface area contributed by atoms with E-state index < -0.39 is 5.51 Å². The van der Waals surface area contributed by atoms with Crippen LogP contribution in [0.15, 0.2) is 23.4 Å². The van der Waals surface area contributed by atoms with Crippen molar-refractivity contribution in [2.75, 3.05) is 0 Å². The normalized spacial score (nSPS) is 12.2. The van der Waals surface area contributed by atoms with Crippen molar-refractivity contribution in [3.8, 4) is 0 Å². The molecule has 0 saturated carbocycles. The summed E-state index contributed by atoms with van der Waals surface area (Å²) in [7, 11) is 0. The molecule has 0 fully saturated rings. The van der Waals surface area contributed by atoms with Gasteiger partial charge in [-0.1, -0.05) is 15.9 Å². The second-order valence-electron chi connectivity index (χ2n) is 3.07. The fraction of sp³-hybridized carbons (Fsp3) is 0.222. The van der Waals surface area contributed by atoms with Gasteiger partial charge in [-0.2, -0.15) is 13.2 Å². The summed E-state index contributed by atoms with van der Waals surface area (Å²) in [6.07, 6.45) is 1.39. The summed E-state index contributed by atoms with van der Waals surface area (Å²) in [6.45, 7) is 0. The van der Waals surface area contributed by atoms with Crippen LogP contribution in [0.25, 0.3) is 11.0 Å². The SMILES string of the molecule is FC(F)(F)Sc1cc(CBr)cc2[nH]cnc12. The van der Waals surface area contributed by atoms with Crippen LogP contribution in [0, 0.1) is 0 Å². The molecule has 0 aliphatic carbocycles. The lowest BCUT2D eigenvalue weighted by Crippen LogP contribution is -1.99. The van der Waals surface area contributed by atoms with Gasteiger partial charge in [-0.25, -0.2) is 4.98 Å². The number of aromatic amines is 1. The Labute approximate surface area is 102 Å². The quantitative estimate of drug-likeness (QED) is 0.669. The molecule has 0 aliphatic heterocycles. The Morgan fingerprint density at radius 1 is 1.38 bits per heavy atom. The van der Waals surface area contributed by atoms with E-state index in [0.717, 1.165) is 5.56 Å². The molecular formula is C9H6BrF3N2S. The molecule has 0 spiro atoms. The molecule has 2 nitrogen and oxygen atoms in total. The van der Waals surface area contributed by atoms with Crippen molar-refractivity contribution in [2.45, 2.75) is 15.7 Å². The monoisotopic (exact) mass is 310 g/mol. The zero-order valence-corrected chi connectivity index (χ0v) is 10.2. The highest BCUT2D eigenvalue weighted by Gasteiger charge is 2.30. The van der Waals surface area contributed by atoms with Gasteiger partial charge in [0.15, 0.2) is 0 Å². The van der Waals surface area contributed by atoms with Crippen LogP contribution in [-0.2, 0) is 5.33 Å². The summed E-state index contributed by atoms with van der Waals surface area (Å²) in [5, 5.41) is 0.507. The summed E-state index contributed by atoms with van der Waals surface area (Å²) in [5.41, 5.74) is -2.55. The molecule has 1 aromatic heterocycles. The minimum absolute atomic E-state index is 0.126. The first kappa shape index (κ1) is 11.8. The molecule has 1 heterocycles. The lowest BCUT2D eigenvalue weighted by atomic mass is 10.2. The molecular weight excluding hydrogens is 305 g/mol. The summed E-state index contributed by atoms with van der Waals surface area (Å²) in [6, 6.07) is 3.27. The first-order valence-corrected chi connectivity index (χ1v) is 6.21. The van der Waals surface area contributed by atoms with Crippen molar-refractivity contribution in [1.82, 2.24) is 9.97 Å². The van der Waals surface area contributed by atoms with Gasteiger partial charge in [-0.05, 0) is 29.5 Å². The van der Waals surface area contributed by atoms with E-state index >= 15 is 0 Å². The Bertz CT molecular complexity index is 509. The van der Waals surface area contributed by atoms with E-state index in [4.69, 9.17) is 0 Å². The van der Waals surface area contributed by atoms with Crippen molar-refractivity contribution in [1.29, 1.82) is 0 Å². The molecule has 0 saturated heterocycles. The molecule has 7 heteroatoms. The zero-order chi connectivity index (χ0) is 11.8. The molecule has 0 bridgehead atoms. The van der Waals surface area contributed by atoms with Gasteiger partial charge in [0.2, 0.25) is 0 Å². The van der Waals surface area contributed by atoms with Crippen LogP contribution in [0.4, 0.5) is 13.2 Å². The number of alkyl halides is 4. The van der Waals surface area contributed by atoms with Crippen LogP contribution in [0.3, 0.4) is 0 Å². The number of thioether (sulfide) groups is 1. The highest BCUT2D eigenvalue weighted by atomic mass is 79.9. The average molecular weight is 311 g/mol. The van der Waals surface area contributed by atoms with Crippen molar-refractivity contribution in [3.63, 3.8) is 0 Å². The van der Waals surface area contributed by atoms with Gasteiger partial charge in [-0.3, -0.25) is 0 Å². The fourth-order valence-electron chi connectivity index (χ4n) is 1.35. The smallest absolute Gasteiger partial charge is 0.345 e. The highest BCUT2D eigenvalue weighted by molar-refractivity contribution is 9.08. The van der Waals surface area contributed by atoms with Gasteiger partial charge in [0.25, 0.3) is 0 Å². The molecule has 0 amide bonds. The van der Waals surface area contributed by atoms with E-state index in [1.54, 1.807) is 6.07 Å². The third-order valence-corrected chi connectivity index (χ3v) is 3.34. The van der Waals surface area contributed by atoms with Crippen molar-refractivity contribution in [3.05, 3.63) is 24.0 Å². The maximum absolute atomic E-state index is 12.3. The van der Waals surface area contributed by atoms with E-state index in [0.29, 0.717) is 16.4 Å². The van der Waals surface area contributed by atoms with E-state index in [1.807, 2.05) is 0 Å². The van der Waals surface area contributed by atoms with E-state index in [-0.39, 0.29) is 16.7 Å². The fourth-order valence-corrected chi connectivity index (χ4v) is 2.40. The van der Waals surface area contributed by atoms with Gasteiger partial charge in [0, 0.05) is 10.2 Å². The molecule has 1 aromatic carbocycles. The maximum Gasteiger partial charge on any atom is 0.446 e. The van der Waals surface area contributed by atoms with Crippen LogP contribution in [-0.4, -0.2) is 15.5 Å². The van der Waals surface area contributed by atoms with Crippen LogP contribution in [0.2, 0.25) is 0 Å². The van der Waals surface area contributed by atoms with Gasteiger partial charge >= 0.3 is 5.51 Å². The number of halogens is 4. The third kappa shape index (κ3) is 2.52. The first-order valence-electron chi connectivity index (χ1n) is 4.27. The maximum atomic E-state index is 12.3. The number of hydrogen-bond acceptors (Lipinski definition) is 2. The molecule has 2 aromatic rings. The number of aromatic nitrogens is 2. The molecule has 16 heavy (non-hydrogen) atoms. The Balaban J connectivity index is 2.52. The number of benzene rings is 1. The van der Waals surface area contributed by atoms with E-state index in [2.05, 4.69) is 25.9 Å². The number of nitrogens with zero attached hydrogens (tertiary/aromatic N) is 1. The molecule has 0 radical (unpaired) electrons. The summed E-state index contributed by atoms with van der Waals surface area (Å²) >= 11 is 3.08. The summed E-state index contributed by atoms with van der Waals surface area (Å²) in [5.74, 6) is 0. The van der Waals surface area contributed by atoms with Gasteiger partial charge in [0.1, 0.15) is 5.52 Å². The third-order valence-electron chi connectivity index (χ3n) is 1.93. The number of H-pyrrole nitrogens is 1. The van der Waals surface area contributed by atoms with E-state index in [1.165, 1.54) is 12.4 Å². The van der Waals surface area contributed by atoms with Crippen LogP contribution in [0.5, 0.6) is 0 Å². The van der Waals surface area contributed by atoms with Crippen LogP contribution >= 0.6 is 27.7 Å². The number of nitrogens with one attached hydrogen (secondary N) is 1. The van der Waals surface area contributed by atoms with Crippen LogP contribution < -0.4 is 0 Å². The first-order chi connectivity index (χ1) is 7.49. The second-order valence-corrected chi connectivity index (χ2v) is 4.74. The Hall–Kier alpha value is -0.690. The van der Waals surface area contributed by atoms with Crippen molar-refractivity contribution >= 4 is 38.7 Å². The minimum atomic E-state index is -4.29. The number of fused-ring (bicyclic) bond motifs is 1. The predicted octanol–water partition coefficient (Wildman–Crippen LogP) is 4.07. The number of hydrogen-bond donors (Lipinski definition) is 1. The van der Waals surface area contributed by atoms with Gasteiger partial charge < -0.3 is 4.98 Å².